The summed E-state index contributed by atoms with van der Waals surface area (Å²) < 4.78 is 50.0. The van der Waals surface area contributed by atoms with E-state index in [4.69, 9.17) is 4.74 Å². The molecule has 12 heteroatoms. The van der Waals surface area contributed by atoms with Crippen LogP contribution in [0.5, 0.6) is 11.5 Å². The van der Waals surface area contributed by atoms with E-state index in [2.05, 4.69) is 25.4 Å². The third kappa shape index (κ3) is 6.38. The van der Waals surface area contributed by atoms with E-state index in [1.165, 1.54) is 43.0 Å². The molecule has 0 saturated carbocycles. The topological polar surface area (TPSA) is 129 Å². The third-order valence-electron chi connectivity index (χ3n) is 6.89. The van der Waals surface area contributed by atoms with Gasteiger partial charge in [0.2, 0.25) is 5.91 Å². The number of aryl methyl sites for hydroxylation is 1. The Morgan fingerprint density at radius 2 is 1.86 bits per heavy atom. The lowest BCUT2D eigenvalue weighted by molar-refractivity contribution is -0.115. The van der Waals surface area contributed by atoms with Crippen LogP contribution in [0.3, 0.4) is 0 Å². The Labute approximate surface area is 248 Å². The second-order valence-corrected chi connectivity index (χ2v) is 13.5. The number of pyridine rings is 1. The lowest BCUT2D eigenvalue weighted by atomic mass is 10.1. The number of benzene rings is 2. The minimum absolute atomic E-state index is 0.0377. The Balaban J connectivity index is 1.38. The largest absolute Gasteiger partial charge is 0.453 e. The molecule has 43 heavy (non-hydrogen) atoms. The summed E-state index contributed by atoms with van der Waals surface area (Å²) in [7, 11) is -3.84. The number of ether oxygens (including phenoxy) is 1. The lowest BCUT2D eigenvalue weighted by Crippen LogP contribution is -2.22. The molecule has 5 rings (SSSR count). The molecule has 0 radical (unpaired) electrons. The van der Waals surface area contributed by atoms with Gasteiger partial charge in [0.25, 0.3) is 0 Å². The molecule has 0 aliphatic rings. The van der Waals surface area contributed by atoms with Crippen LogP contribution in [0.15, 0.2) is 78.5 Å². The van der Waals surface area contributed by atoms with Gasteiger partial charge in [-0.1, -0.05) is 6.07 Å². The van der Waals surface area contributed by atoms with E-state index in [9.17, 15) is 13.2 Å². The number of nitrogens with zero attached hydrogens (tertiary/aromatic N) is 5. The molecule has 0 unspecified atom stereocenters. The average molecular weight is 603 g/mol. The zero-order chi connectivity index (χ0) is 30.9. The van der Waals surface area contributed by atoms with Crippen molar-refractivity contribution >= 4 is 32.3 Å². The fourth-order valence-corrected chi connectivity index (χ4v) is 5.93. The van der Waals surface area contributed by atoms with Gasteiger partial charge in [-0.2, -0.15) is 5.10 Å². The maximum absolute atomic E-state index is 15.4. The Bertz CT molecular complexity index is 1900. The van der Waals surface area contributed by atoms with E-state index in [0.29, 0.717) is 33.4 Å². The van der Waals surface area contributed by atoms with Gasteiger partial charge < -0.3 is 10.1 Å². The van der Waals surface area contributed by atoms with Gasteiger partial charge in [-0.25, -0.2) is 12.8 Å². The molecular weight excluding hydrogens is 571 g/mol. The van der Waals surface area contributed by atoms with Gasteiger partial charge in [-0.05, 0) is 76.1 Å². The molecular formula is C31H31FN6O4S. The van der Waals surface area contributed by atoms with Crippen LogP contribution >= 0.6 is 0 Å². The highest BCUT2D eigenvalue weighted by Gasteiger charge is 2.27. The molecule has 2 aromatic carbocycles. The van der Waals surface area contributed by atoms with Gasteiger partial charge in [0, 0.05) is 36.4 Å². The first-order valence-corrected chi connectivity index (χ1v) is 15.1. The van der Waals surface area contributed by atoms with Gasteiger partial charge in [-0.3, -0.25) is 24.4 Å². The maximum Gasteiger partial charge on any atom is 0.228 e. The van der Waals surface area contributed by atoms with Gasteiger partial charge in [0.15, 0.2) is 21.4 Å². The van der Waals surface area contributed by atoms with Crippen LogP contribution in [0.4, 0.5) is 10.1 Å². The van der Waals surface area contributed by atoms with E-state index in [0.717, 1.165) is 0 Å². The number of nitrogens with one attached hydrogen (secondary N) is 1. The highest BCUT2D eigenvalue weighted by atomic mass is 32.2. The molecule has 1 amide bonds. The molecule has 5 aromatic rings. The molecule has 10 nitrogen and oxygen atoms in total. The Kier molecular flexibility index (Phi) is 7.98. The number of carbonyl (C=O) groups excluding carboxylic acids is 1. The number of hydrogen-bond donors (Lipinski definition) is 1. The molecule has 0 spiro atoms. The van der Waals surface area contributed by atoms with E-state index >= 15 is 4.39 Å². The highest BCUT2D eigenvalue weighted by Crippen LogP contribution is 2.36. The van der Waals surface area contributed by atoms with Crippen molar-refractivity contribution < 1.29 is 22.3 Å². The predicted molar refractivity (Wildman–Crippen MR) is 160 cm³/mol. The van der Waals surface area contributed by atoms with Gasteiger partial charge in [0.1, 0.15) is 11.0 Å². The molecule has 0 bridgehead atoms. The van der Waals surface area contributed by atoms with Crippen molar-refractivity contribution in [2.45, 2.75) is 56.7 Å². The van der Waals surface area contributed by atoms with Crippen LogP contribution in [0.1, 0.15) is 49.8 Å². The van der Waals surface area contributed by atoms with Crippen LogP contribution in [0, 0.1) is 12.7 Å². The number of halogens is 1. The summed E-state index contributed by atoms with van der Waals surface area (Å²) in [6.07, 6.45) is 9.09. The minimum Gasteiger partial charge on any atom is -0.453 e. The molecule has 0 aliphatic heterocycles. The highest BCUT2D eigenvalue weighted by molar-refractivity contribution is 7.91. The summed E-state index contributed by atoms with van der Waals surface area (Å²) in [6.45, 7) is 9.22. The first-order valence-electron chi connectivity index (χ1n) is 13.5. The number of amides is 1. The van der Waals surface area contributed by atoms with E-state index in [-0.39, 0.29) is 34.3 Å². The number of rotatable bonds is 8. The predicted octanol–water partition coefficient (Wildman–Crippen LogP) is 5.93. The number of fused-ring (bicyclic) bond motifs is 1. The number of aromatic nitrogens is 5. The zero-order valence-corrected chi connectivity index (χ0v) is 25.2. The van der Waals surface area contributed by atoms with Gasteiger partial charge >= 0.3 is 0 Å². The van der Waals surface area contributed by atoms with Crippen LogP contribution < -0.4 is 10.1 Å². The lowest BCUT2D eigenvalue weighted by Gasteiger charge is -2.18. The summed E-state index contributed by atoms with van der Waals surface area (Å²) in [5.41, 5.74) is 2.04. The molecule has 3 aromatic heterocycles. The van der Waals surface area contributed by atoms with Crippen molar-refractivity contribution in [2.75, 3.05) is 5.32 Å². The Morgan fingerprint density at radius 3 is 2.53 bits per heavy atom. The summed E-state index contributed by atoms with van der Waals surface area (Å²) in [5, 5.41) is 6.52. The Morgan fingerprint density at radius 1 is 1.07 bits per heavy atom. The first-order chi connectivity index (χ1) is 20.3. The second-order valence-electron chi connectivity index (χ2n) is 11.2. The first kappa shape index (κ1) is 29.8. The minimum atomic E-state index is -3.84. The standard InChI is InChI=1S/C31H31FN6O4S/c1-19-12-21(14-29(39)37-22-16-36-38(18-22)31(3,4)5)13-25(32)30(19)42-28-8-9-34-26-7-6-23(15-24(26)28)43(40,41)20(2)27-17-33-10-11-35-27/h6-13,15-18,20H,14H2,1-5H3,(H,37,39)/t20-/m0/s1. The SMILES string of the molecule is Cc1cc(CC(=O)Nc2cnn(C(C)(C)C)c2)cc(F)c1Oc1ccnc2ccc(S(=O)(=O)[C@@H](C)c3cnccn3)cc12. The van der Waals surface area contributed by atoms with Crippen molar-refractivity contribution in [3.63, 3.8) is 0 Å². The molecule has 1 atom stereocenters. The Hall–Kier alpha value is -4.71. The average Bonchev–Trinajstić information content (AvgIpc) is 3.44. The summed E-state index contributed by atoms with van der Waals surface area (Å²) in [5.74, 6) is -0.777. The fraction of sp³-hybridized carbons (Fsp3) is 0.258. The number of carbonyl (C=O) groups is 1. The summed E-state index contributed by atoms with van der Waals surface area (Å²) >= 11 is 0. The third-order valence-corrected chi connectivity index (χ3v) is 8.97. The second kappa shape index (κ2) is 11.5. The van der Waals surface area contributed by atoms with Crippen molar-refractivity contribution in [2.24, 2.45) is 0 Å². The van der Waals surface area contributed by atoms with Crippen molar-refractivity contribution in [1.82, 2.24) is 24.7 Å². The molecule has 0 saturated heterocycles. The summed E-state index contributed by atoms with van der Waals surface area (Å²) in [4.78, 5) is 25.1. The zero-order valence-electron chi connectivity index (χ0n) is 24.4. The van der Waals surface area contributed by atoms with Crippen LogP contribution in [-0.2, 0) is 26.6 Å². The van der Waals surface area contributed by atoms with Crippen LogP contribution in [0.25, 0.3) is 10.9 Å². The van der Waals surface area contributed by atoms with Crippen LogP contribution in [0.2, 0.25) is 0 Å². The van der Waals surface area contributed by atoms with E-state index < -0.39 is 20.9 Å². The van der Waals surface area contributed by atoms with Gasteiger partial charge in [0.05, 0.1) is 40.0 Å². The maximum atomic E-state index is 15.4. The fourth-order valence-electron chi connectivity index (χ4n) is 4.54. The molecule has 0 fully saturated rings. The monoisotopic (exact) mass is 602 g/mol. The van der Waals surface area contributed by atoms with Crippen molar-refractivity contribution in [3.8, 4) is 11.5 Å². The molecule has 222 valence electrons. The normalized spacial score (nSPS) is 12.7. The van der Waals surface area contributed by atoms with E-state index in [1.54, 1.807) is 49.1 Å². The van der Waals surface area contributed by atoms with Crippen molar-refractivity contribution in [3.05, 3.63) is 96.2 Å². The summed E-state index contributed by atoms with van der Waals surface area (Å²) in [6, 6.07) is 8.99. The number of sulfone groups is 1. The number of anilines is 1. The molecule has 1 N–H and O–H groups in total. The smallest absolute Gasteiger partial charge is 0.228 e. The van der Waals surface area contributed by atoms with Crippen molar-refractivity contribution in [1.29, 1.82) is 0 Å². The van der Waals surface area contributed by atoms with Gasteiger partial charge in [-0.15, -0.1) is 0 Å². The van der Waals surface area contributed by atoms with E-state index in [1.807, 2.05) is 20.8 Å². The molecule has 0 aliphatic carbocycles. The van der Waals surface area contributed by atoms with Crippen LogP contribution in [-0.4, -0.2) is 39.1 Å². The quantitative estimate of drug-likeness (QED) is 0.231. The number of hydrogen-bond acceptors (Lipinski definition) is 8. The molecule has 3 heterocycles.